The molecule has 0 atom stereocenters. The van der Waals surface area contributed by atoms with Crippen LogP contribution in [0.25, 0.3) is 0 Å². The van der Waals surface area contributed by atoms with Crippen molar-refractivity contribution in [3.63, 3.8) is 0 Å². The predicted molar refractivity (Wildman–Crippen MR) is 71.3 cm³/mol. The summed E-state index contributed by atoms with van der Waals surface area (Å²) in [5.74, 6) is -0.338. The highest BCUT2D eigenvalue weighted by Crippen LogP contribution is 2.32. The van der Waals surface area contributed by atoms with E-state index in [2.05, 4.69) is 10.3 Å². The lowest BCUT2D eigenvalue weighted by atomic mass is 10.1. The molecule has 1 aromatic carbocycles. The SMILES string of the molecule is Nc1cc(C(F)(F)F)ccc1NC(=O)CCn1ccnc1. The second-order valence-electron chi connectivity index (χ2n) is 4.40. The van der Waals surface area contributed by atoms with Crippen LogP contribution in [0.3, 0.4) is 0 Å². The summed E-state index contributed by atoms with van der Waals surface area (Å²) < 4.78 is 39.2. The summed E-state index contributed by atoms with van der Waals surface area (Å²) >= 11 is 0. The molecule has 3 N–H and O–H groups in total. The van der Waals surface area contributed by atoms with Gasteiger partial charge < -0.3 is 15.6 Å². The fourth-order valence-corrected chi connectivity index (χ4v) is 1.72. The summed E-state index contributed by atoms with van der Waals surface area (Å²) in [6, 6.07) is 2.82. The molecule has 2 aromatic rings. The molecule has 1 amide bonds. The van der Waals surface area contributed by atoms with E-state index in [1.807, 2.05) is 0 Å². The number of nitrogen functional groups attached to an aromatic ring is 1. The molecule has 0 aliphatic carbocycles. The van der Waals surface area contributed by atoms with E-state index in [1.54, 1.807) is 23.3 Å². The molecule has 0 fully saturated rings. The second-order valence-corrected chi connectivity index (χ2v) is 4.40. The van der Waals surface area contributed by atoms with Crippen LogP contribution in [0.5, 0.6) is 0 Å². The average Bonchev–Trinajstić information content (AvgIpc) is 2.91. The molecule has 0 aliphatic rings. The Morgan fingerprint density at radius 3 is 2.71 bits per heavy atom. The van der Waals surface area contributed by atoms with Gasteiger partial charge in [0.2, 0.25) is 5.91 Å². The minimum absolute atomic E-state index is 0.124. The number of imidazole rings is 1. The smallest absolute Gasteiger partial charge is 0.397 e. The largest absolute Gasteiger partial charge is 0.416 e. The van der Waals surface area contributed by atoms with Gasteiger partial charge in [-0.2, -0.15) is 13.2 Å². The van der Waals surface area contributed by atoms with E-state index in [9.17, 15) is 18.0 Å². The van der Waals surface area contributed by atoms with Gasteiger partial charge in [-0.05, 0) is 18.2 Å². The van der Waals surface area contributed by atoms with E-state index < -0.39 is 11.7 Å². The Kier molecular flexibility index (Phi) is 4.15. The van der Waals surface area contributed by atoms with Gasteiger partial charge in [0.25, 0.3) is 0 Å². The van der Waals surface area contributed by atoms with E-state index in [-0.39, 0.29) is 23.7 Å². The van der Waals surface area contributed by atoms with Crippen molar-refractivity contribution in [3.8, 4) is 0 Å². The van der Waals surface area contributed by atoms with Crippen LogP contribution in [0.4, 0.5) is 24.5 Å². The highest BCUT2D eigenvalue weighted by molar-refractivity contribution is 5.93. The normalized spacial score (nSPS) is 11.4. The summed E-state index contributed by atoms with van der Waals surface area (Å²) in [6.45, 7) is 0.423. The fourth-order valence-electron chi connectivity index (χ4n) is 1.72. The predicted octanol–water partition coefficient (Wildman–Crippen LogP) is 2.51. The topological polar surface area (TPSA) is 72.9 Å². The highest BCUT2D eigenvalue weighted by Gasteiger charge is 2.30. The number of amides is 1. The Labute approximate surface area is 118 Å². The molecule has 21 heavy (non-hydrogen) atoms. The van der Waals surface area contributed by atoms with Gasteiger partial charge in [-0.15, -0.1) is 0 Å². The van der Waals surface area contributed by atoms with Crippen LogP contribution in [0.2, 0.25) is 0 Å². The van der Waals surface area contributed by atoms with Crippen LogP contribution in [-0.4, -0.2) is 15.5 Å². The van der Waals surface area contributed by atoms with E-state index >= 15 is 0 Å². The number of carbonyl (C=O) groups is 1. The molecule has 1 aromatic heterocycles. The van der Waals surface area contributed by atoms with E-state index in [0.29, 0.717) is 6.54 Å². The van der Waals surface area contributed by atoms with E-state index in [1.165, 1.54) is 0 Å². The van der Waals surface area contributed by atoms with Crippen LogP contribution >= 0.6 is 0 Å². The number of carbonyl (C=O) groups excluding carboxylic acids is 1. The van der Waals surface area contributed by atoms with Crippen molar-refractivity contribution in [2.24, 2.45) is 0 Å². The standard InChI is InChI=1S/C13H13F3N4O/c14-13(15,16)9-1-2-11(10(17)7-9)19-12(21)3-5-20-6-4-18-8-20/h1-2,4,6-8H,3,5,17H2,(H,19,21). The van der Waals surface area contributed by atoms with Gasteiger partial charge in [0.1, 0.15) is 0 Å². The molecule has 5 nitrogen and oxygen atoms in total. The summed E-state index contributed by atoms with van der Waals surface area (Å²) in [5.41, 5.74) is 4.72. The minimum Gasteiger partial charge on any atom is -0.397 e. The fraction of sp³-hybridized carbons (Fsp3) is 0.231. The Bertz CT molecular complexity index is 623. The number of rotatable bonds is 4. The summed E-state index contributed by atoms with van der Waals surface area (Å²) in [7, 11) is 0. The molecule has 0 aliphatic heterocycles. The molecule has 2 rings (SSSR count). The number of halogens is 3. The molecule has 0 spiro atoms. The monoisotopic (exact) mass is 298 g/mol. The first kappa shape index (κ1) is 14.9. The zero-order valence-electron chi connectivity index (χ0n) is 10.9. The second kappa shape index (κ2) is 5.86. The van der Waals surface area contributed by atoms with Gasteiger partial charge >= 0.3 is 6.18 Å². The van der Waals surface area contributed by atoms with Crippen molar-refractivity contribution in [3.05, 3.63) is 42.5 Å². The Balaban J connectivity index is 1.97. The van der Waals surface area contributed by atoms with Gasteiger partial charge in [-0.25, -0.2) is 4.98 Å². The first-order valence-electron chi connectivity index (χ1n) is 6.08. The molecule has 0 saturated carbocycles. The van der Waals surface area contributed by atoms with E-state index in [0.717, 1.165) is 18.2 Å². The third-order valence-corrected chi connectivity index (χ3v) is 2.81. The molecule has 0 bridgehead atoms. The minimum atomic E-state index is -4.46. The van der Waals surface area contributed by atoms with Crippen LogP contribution in [0.15, 0.2) is 36.9 Å². The molecular weight excluding hydrogens is 285 g/mol. The zero-order valence-corrected chi connectivity index (χ0v) is 10.9. The van der Waals surface area contributed by atoms with Crippen LogP contribution < -0.4 is 11.1 Å². The van der Waals surface area contributed by atoms with Crippen molar-refractivity contribution in [1.82, 2.24) is 9.55 Å². The van der Waals surface area contributed by atoms with Crippen molar-refractivity contribution in [2.75, 3.05) is 11.1 Å². The first-order valence-corrected chi connectivity index (χ1v) is 6.08. The molecule has 112 valence electrons. The number of benzene rings is 1. The molecule has 1 heterocycles. The van der Waals surface area contributed by atoms with Gasteiger partial charge in [-0.1, -0.05) is 0 Å². The highest BCUT2D eigenvalue weighted by atomic mass is 19.4. The van der Waals surface area contributed by atoms with Gasteiger partial charge in [0, 0.05) is 25.4 Å². The third kappa shape index (κ3) is 3.98. The number of aryl methyl sites for hydroxylation is 1. The van der Waals surface area contributed by atoms with Gasteiger partial charge in [0.05, 0.1) is 23.3 Å². The molecule has 0 unspecified atom stereocenters. The summed E-state index contributed by atoms with van der Waals surface area (Å²) in [4.78, 5) is 15.6. The molecule has 8 heteroatoms. The lowest BCUT2D eigenvalue weighted by molar-refractivity contribution is -0.137. The third-order valence-electron chi connectivity index (χ3n) is 2.81. The molecule has 0 saturated heterocycles. The van der Waals surface area contributed by atoms with E-state index in [4.69, 9.17) is 5.73 Å². The average molecular weight is 298 g/mol. The Morgan fingerprint density at radius 2 is 2.14 bits per heavy atom. The summed E-state index contributed by atoms with van der Waals surface area (Å²) in [6.07, 6.45) is 0.570. The van der Waals surface area contributed by atoms with Gasteiger partial charge in [-0.3, -0.25) is 4.79 Å². The Morgan fingerprint density at radius 1 is 1.38 bits per heavy atom. The van der Waals surface area contributed by atoms with Crippen molar-refractivity contribution in [2.45, 2.75) is 19.1 Å². The number of anilines is 2. The number of nitrogens with zero attached hydrogens (tertiary/aromatic N) is 2. The number of nitrogens with two attached hydrogens (primary N) is 1. The maximum absolute atomic E-state index is 12.5. The quantitative estimate of drug-likeness (QED) is 0.852. The van der Waals surface area contributed by atoms with Gasteiger partial charge in [0.15, 0.2) is 0 Å². The number of hydrogen-bond donors (Lipinski definition) is 2. The van der Waals surface area contributed by atoms with Crippen LogP contribution in [0, 0.1) is 0 Å². The lowest BCUT2D eigenvalue weighted by Gasteiger charge is -2.12. The Hall–Kier alpha value is -2.51. The maximum atomic E-state index is 12.5. The van der Waals surface area contributed by atoms with Crippen LogP contribution in [0.1, 0.15) is 12.0 Å². The lowest BCUT2D eigenvalue weighted by Crippen LogP contribution is -2.15. The van der Waals surface area contributed by atoms with Crippen molar-refractivity contribution >= 4 is 17.3 Å². The summed E-state index contributed by atoms with van der Waals surface area (Å²) in [5, 5.41) is 2.49. The van der Waals surface area contributed by atoms with Crippen LogP contribution in [-0.2, 0) is 17.5 Å². The maximum Gasteiger partial charge on any atom is 0.416 e. The first-order chi connectivity index (χ1) is 9.86. The number of alkyl halides is 3. The zero-order chi connectivity index (χ0) is 15.5. The number of hydrogen-bond acceptors (Lipinski definition) is 3. The van der Waals surface area contributed by atoms with Crippen molar-refractivity contribution < 1.29 is 18.0 Å². The molecular formula is C13H13F3N4O. The molecule has 0 radical (unpaired) electrons. The number of aromatic nitrogens is 2. The van der Waals surface area contributed by atoms with Crippen molar-refractivity contribution in [1.29, 1.82) is 0 Å². The number of nitrogens with one attached hydrogen (secondary N) is 1.